The van der Waals surface area contributed by atoms with E-state index in [0.717, 1.165) is 5.69 Å². The molecule has 0 bridgehead atoms. The Morgan fingerprint density at radius 3 is 2.83 bits per heavy atom. The van der Waals surface area contributed by atoms with Gasteiger partial charge in [-0.1, -0.05) is 0 Å². The van der Waals surface area contributed by atoms with Crippen LogP contribution in [0.4, 0.5) is 0 Å². The maximum Gasteiger partial charge on any atom is 0.306 e. The predicted molar refractivity (Wildman–Crippen MR) is 63.8 cm³/mol. The second-order valence-electron chi connectivity index (χ2n) is 4.66. The van der Waals surface area contributed by atoms with Crippen molar-refractivity contribution in [1.29, 1.82) is 0 Å². The number of aromatic amines is 1. The highest BCUT2D eigenvalue weighted by Crippen LogP contribution is 2.30. The van der Waals surface area contributed by atoms with Gasteiger partial charge < -0.3 is 15.4 Å². The number of hydrogen-bond donors (Lipinski definition) is 3. The number of carboxylic acid groups (broad SMARTS) is 1. The molecule has 3 N–H and O–H groups in total. The molecular formula is C12H17N3O3. The number of aromatic nitrogens is 2. The highest BCUT2D eigenvalue weighted by Gasteiger charge is 2.33. The highest BCUT2D eigenvalue weighted by molar-refractivity contribution is 5.80. The van der Waals surface area contributed by atoms with E-state index in [1.165, 1.54) is 0 Å². The number of rotatable bonds is 5. The molecular weight excluding hydrogens is 234 g/mol. The van der Waals surface area contributed by atoms with Crippen LogP contribution < -0.4 is 5.32 Å². The van der Waals surface area contributed by atoms with Gasteiger partial charge in [-0.2, -0.15) is 0 Å². The molecule has 2 atom stereocenters. The number of nitrogens with zero attached hydrogens (tertiary/aromatic N) is 1. The van der Waals surface area contributed by atoms with Gasteiger partial charge in [-0.3, -0.25) is 9.59 Å². The molecule has 0 aromatic carbocycles. The summed E-state index contributed by atoms with van der Waals surface area (Å²) in [7, 11) is 0. The fourth-order valence-electron chi connectivity index (χ4n) is 2.33. The van der Waals surface area contributed by atoms with Gasteiger partial charge in [-0.05, 0) is 19.3 Å². The lowest BCUT2D eigenvalue weighted by Gasteiger charge is -2.10. The van der Waals surface area contributed by atoms with Crippen molar-refractivity contribution in [3.63, 3.8) is 0 Å². The molecule has 0 aliphatic heterocycles. The SMILES string of the molecule is O=C(O)C1CCC(C(=O)NCCc2cnc[nH]2)C1. The lowest BCUT2D eigenvalue weighted by atomic mass is 10.0. The Morgan fingerprint density at radius 2 is 2.22 bits per heavy atom. The molecule has 1 saturated carbocycles. The van der Waals surface area contributed by atoms with Crippen molar-refractivity contribution in [3.05, 3.63) is 18.2 Å². The first-order chi connectivity index (χ1) is 8.66. The first-order valence-electron chi connectivity index (χ1n) is 6.14. The quantitative estimate of drug-likeness (QED) is 0.713. The number of H-pyrrole nitrogens is 1. The van der Waals surface area contributed by atoms with Crippen LogP contribution in [0.5, 0.6) is 0 Å². The minimum Gasteiger partial charge on any atom is -0.481 e. The Labute approximate surface area is 105 Å². The van der Waals surface area contributed by atoms with Gasteiger partial charge in [0.1, 0.15) is 0 Å². The number of carbonyl (C=O) groups is 2. The molecule has 1 aliphatic rings. The zero-order valence-corrected chi connectivity index (χ0v) is 10.1. The van der Waals surface area contributed by atoms with Gasteiger partial charge in [0.2, 0.25) is 5.91 Å². The number of nitrogens with one attached hydrogen (secondary N) is 2. The number of carboxylic acids is 1. The minimum absolute atomic E-state index is 0.0294. The van der Waals surface area contributed by atoms with E-state index >= 15 is 0 Å². The average molecular weight is 251 g/mol. The zero-order valence-electron chi connectivity index (χ0n) is 10.1. The third-order valence-corrected chi connectivity index (χ3v) is 3.40. The van der Waals surface area contributed by atoms with Crippen LogP contribution in [0.15, 0.2) is 12.5 Å². The monoisotopic (exact) mass is 251 g/mol. The standard InChI is InChI=1S/C12H17N3O3/c16-11(8-1-2-9(5-8)12(17)18)14-4-3-10-6-13-7-15-10/h6-9H,1-5H2,(H,13,15)(H,14,16)(H,17,18). The van der Waals surface area contributed by atoms with Crippen molar-refractivity contribution in [2.45, 2.75) is 25.7 Å². The molecule has 1 heterocycles. The van der Waals surface area contributed by atoms with Gasteiger partial charge in [-0.25, -0.2) is 4.98 Å². The van der Waals surface area contributed by atoms with Gasteiger partial charge in [0.25, 0.3) is 0 Å². The molecule has 0 spiro atoms. The predicted octanol–water partition coefficient (Wildman–Crippen LogP) is 0.569. The lowest BCUT2D eigenvalue weighted by Crippen LogP contribution is -2.31. The third-order valence-electron chi connectivity index (χ3n) is 3.40. The van der Waals surface area contributed by atoms with Gasteiger partial charge in [0, 0.05) is 30.8 Å². The third kappa shape index (κ3) is 3.09. The highest BCUT2D eigenvalue weighted by atomic mass is 16.4. The molecule has 6 heteroatoms. The normalized spacial score (nSPS) is 22.9. The number of hydrogen-bond acceptors (Lipinski definition) is 3. The summed E-state index contributed by atoms with van der Waals surface area (Å²) in [6.45, 7) is 0.551. The number of amides is 1. The van der Waals surface area contributed by atoms with Crippen molar-refractivity contribution < 1.29 is 14.7 Å². The zero-order chi connectivity index (χ0) is 13.0. The van der Waals surface area contributed by atoms with E-state index in [9.17, 15) is 9.59 Å². The van der Waals surface area contributed by atoms with E-state index in [0.29, 0.717) is 32.2 Å². The van der Waals surface area contributed by atoms with Crippen LogP contribution in [0.1, 0.15) is 25.0 Å². The molecule has 1 amide bonds. The fraction of sp³-hybridized carbons (Fsp3) is 0.583. The molecule has 98 valence electrons. The van der Waals surface area contributed by atoms with Crippen molar-refractivity contribution in [2.24, 2.45) is 11.8 Å². The summed E-state index contributed by atoms with van der Waals surface area (Å²) in [6, 6.07) is 0. The van der Waals surface area contributed by atoms with E-state index in [4.69, 9.17) is 5.11 Å². The first-order valence-corrected chi connectivity index (χ1v) is 6.14. The molecule has 2 unspecified atom stereocenters. The minimum atomic E-state index is -0.789. The molecule has 0 radical (unpaired) electrons. The number of aliphatic carboxylic acids is 1. The van der Waals surface area contributed by atoms with Crippen LogP contribution in [0.2, 0.25) is 0 Å². The van der Waals surface area contributed by atoms with Crippen LogP contribution in [-0.2, 0) is 16.0 Å². The number of imidazole rings is 1. The van der Waals surface area contributed by atoms with E-state index in [1.54, 1.807) is 12.5 Å². The van der Waals surface area contributed by atoms with Crippen LogP contribution in [0, 0.1) is 11.8 Å². The second kappa shape index (κ2) is 5.66. The van der Waals surface area contributed by atoms with E-state index in [2.05, 4.69) is 15.3 Å². The van der Waals surface area contributed by atoms with Crippen molar-refractivity contribution in [3.8, 4) is 0 Å². The summed E-state index contributed by atoms with van der Waals surface area (Å²) in [4.78, 5) is 29.5. The molecule has 2 rings (SSSR count). The van der Waals surface area contributed by atoms with Crippen molar-refractivity contribution in [2.75, 3.05) is 6.54 Å². The Morgan fingerprint density at radius 1 is 1.44 bits per heavy atom. The van der Waals surface area contributed by atoms with Gasteiger partial charge in [0.05, 0.1) is 12.2 Å². The lowest BCUT2D eigenvalue weighted by molar-refractivity contribution is -0.141. The average Bonchev–Trinajstić information content (AvgIpc) is 2.99. The first kappa shape index (κ1) is 12.6. The molecule has 6 nitrogen and oxygen atoms in total. The summed E-state index contributed by atoms with van der Waals surface area (Å²) in [5.41, 5.74) is 0.977. The number of carbonyl (C=O) groups excluding carboxylic acids is 1. The molecule has 1 fully saturated rings. The van der Waals surface area contributed by atoms with Gasteiger partial charge >= 0.3 is 5.97 Å². The largest absolute Gasteiger partial charge is 0.481 e. The van der Waals surface area contributed by atoms with E-state index in [1.807, 2.05) is 0 Å². The Kier molecular flexibility index (Phi) is 3.96. The molecule has 1 aromatic rings. The van der Waals surface area contributed by atoms with Crippen molar-refractivity contribution in [1.82, 2.24) is 15.3 Å². The smallest absolute Gasteiger partial charge is 0.306 e. The summed E-state index contributed by atoms with van der Waals surface area (Å²) in [5.74, 6) is -1.32. The van der Waals surface area contributed by atoms with Crippen LogP contribution in [-0.4, -0.2) is 33.5 Å². The summed E-state index contributed by atoms with van der Waals surface area (Å²) < 4.78 is 0. The molecule has 1 aliphatic carbocycles. The molecule has 18 heavy (non-hydrogen) atoms. The second-order valence-corrected chi connectivity index (χ2v) is 4.66. The van der Waals surface area contributed by atoms with Gasteiger partial charge in [0.15, 0.2) is 0 Å². The Bertz CT molecular complexity index is 416. The summed E-state index contributed by atoms with van der Waals surface area (Å²) in [6.07, 6.45) is 5.78. The van der Waals surface area contributed by atoms with E-state index in [-0.39, 0.29) is 17.7 Å². The van der Waals surface area contributed by atoms with E-state index < -0.39 is 5.97 Å². The molecule has 0 saturated heterocycles. The van der Waals surface area contributed by atoms with Crippen LogP contribution in [0.25, 0.3) is 0 Å². The van der Waals surface area contributed by atoms with Crippen molar-refractivity contribution >= 4 is 11.9 Å². The molecule has 1 aromatic heterocycles. The Hall–Kier alpha value is -1.85. The topological polar surface area (TPSA) is 95.1 Å². The summed E-state index contributed by atoms with van der Waals surface area (Å²) in [5, 5.41) is 11.7. The fourth-order valence-corrected chi connectivity index (χ4v) is 2.33. The maximum atomic E-state index is 11.8. The Balaban J connectivity index is 1.71. The maximum absolute atomic E-state index is 11.8. The van der Waals surface area contributed by atoms with Gasteiger partial charge in [-0.15, -0.1) is 0 Å². The summed E-state index contributed by atoms with van der Waals surface area (Å²) >= 11 is 0. The van der Waals surface area contributed by atoms with Crippen LogP contribution >= 0.6 is 0 Å². The van der Waals surface area contributed by atoms with Crippen LogP contribution in [0.3, 0.4) is 0 Å².